The first kappa shape index (κ1) is 23.4. The quantitative estimate of drug-likeness (QED) is 0.319. The van der Waals surface area contributed by atoms with E-state index in [0.29, 0.717) is 22.0 Å². The zero-order chi connectivity index (χ0) is 18.5. The summed E-state index contributed by atoms with van der Waals surface area (Å²) in [5, 5.41) is -0.976. The predicted molar refractivity (Wildman–Crippen MR) is 104 cm³/mol. The Bertz CT molecular complexity index is 403. The van der Waals surface area contributed by atoms with Gasteiger partial charge >= 0.3 is 11.9 Å². The largest absolute Gasteiger partial charge is 0.479 e. The average Bonchev–Trinajstić information content (AvgIpc) is 2.51. The summed E-state index contributed by atoms with van der Waals surface area (Å²) in [6, 6.07) is 0. The Morgan fingerprint density at radius 2 is 1.12 bits per heavy atom. The van der Waals surface area contributed by atoms with E-state index in [9.17, 15) is 9.59 Å². The Labute approximate surface area is 161 Å². The number of ether oxygens (including phenoxy) is 4. The van der Waals surface area contributed by atoms with Gasteiger partial charge < -0.3 is 18.9 Å². The highest BCUT2D eigenvalue weighted by Crippen LogP contribution is 2.16. The molecular formula is C14H22O6S4. The average molecular weight is 415 g/mol. The van der Waals surface area contributed by atoms with Crippen molar-refractivity contribution in [2.75, 3.05) is 26.4 Å². The lowest BCUT2D eigenvalue weighted by Crippen LogP contribution is -2.24. The van der Waals surface area contributed by atoms with Gasteiger partial charge in [0, 0.05) is 0 Å². The normalized spacial score (nSPS) is 12.7. The van der Waals surface area contributed by atoms with Crippen molar-refractivity contribution in [2.45, 2.75) is 38.2 Å². The summed E-state index contributed by atoms with van der Waals surface area (Å²) in [7, 11) is 0. The second-order valence-electron chi connectivity index (χ2n) is 4.22. The van der Waals surface area contributed by atoms with E-state index in [2.05, 4.69) is 0 Å². The number of thiocarbonyl (C=S) groups is 2. The second-order valence-corrected chi connectivity index (χ2v) is 8.11. The number of thioether (sulfide) groups is 2. The molecule has 0 aliphatic carbocycles. The lowest BCUT2D eigenvalue weighted by atomic mass is 10.5. The molecule has 0 saturated carbocycles. The molecule has 0 fully saturated rings. The first-order valence-corrected chi connectivity index (χ1v) is 9.89. The van der Waals surface area contributed by atoms with Gasteiger partial charge in [0.2, 0.25) is 8.77 Å². The number of esters is 2. The lowest BCUT2D eigenvalue weighted by Gasteiger charge is -2.13. The lowest BCUT2D eigenvalue weighted by molar-refractivity contribution is -0.151. The standard InChI is InChI=1S/C14H22O6S4/c1-5-17-13(21)23-9(3)11(15)19-7-8-20-12(16)10(4)24-14(22)18-6-2/h9-10H,5-8H2,1-4H3. The van der Waals surface area contributed by atoms with Crippen molar-refractivity contribution >= 4 is 68.7 Å². The molecule has 2 unspecified atom stereocenters. The number of hydrogen-bond acceptors (Lipinski definition) is 10. The maximum absolute atomic E-state index is 11.7. The van der Waals surface area contributed by atoms with Crippen LogP contribution in [0.25, 0.3) is 0 Å². The van der Waals surface area contributed by atoms with Crippen LogP contribution >= 0.6 is 48.0 Å². The van der Waals surface area contributed by atoms with E-state index in [1.165, 1.54) is 0 Å². The zero-order valence-corrected chi connectivity index (χ0v) is 17.3. The molecule has 0 aromatic rings. The third kappa shape index (κ3) is 11.1. The minimum atomic E-state index is -0.488. The number of hydrogen-bond donors (Lipinski definition) is 0. The summed E-state index contributed by atoms with van der Waals surface area (Å²) in [4.78, 5) is 23.5. The van der Waals surface area contributed by atoms with Crippen molar-refractivity contribution in [3.63, 3.8) is 0 Å². The molecule has 2 atom stereocenters. The maximum atomic E-state index is 11.7. The summed E-state index contributed by atoms with van der Waals surface area (Å²) >= 11 is 12.1. The molecule has 24 heavy (non-hydrogen) atoms. The van der Waals surface area contributed by atoms with Gasteiger partial charge in [-0.25, -0.2) is 0 Å². The van der Waals surface area contributed by atoms with E-state index in [1.54, 1.807) is 13.8 Å². The summed E-state index contributed by atoms with van der Waals surface area (Å²) in [6.45, 7) is 7.80. The molecular weight excluding hydrogens is 392 g/mol. The molecule has 10 heteroatoms. The van der Waals surface area contributed by atoms with Crippen molar-refractivity contribution in [2.24, 2.45) is 0 Å². The van der Waals surface area contributed by atoms with Crippen LogP contribution in [0.4, 0.5) is 0 Å². The third-order valence-corrected chi connectivity index (χ3v) is 4.83. The van der Waals surface area contributed by atoms with Crippen LogP contribution in [0.1, 0.15) is 27.7 Å². The Kier molecular flexibility index (Phi) is 13.4. The Balaban J connectivity index is 3.94. The summed E-state index contributed by atoms with van der Waals surface area (Å²) < 4.78 is 20.8. The molecule has 6 nitrogen and oxygen atoms in total. The van der Waals surface area contributed by atoms with E-state index < -0.39 is 22.4 Å². The number of rotatable bonds is 9. The maximum Gasteiger partial charge on any atom is 0.319 e. The van der Waals surface area contributed by atoms with Crippen molar-refractivity contribution in [1.82, 2.24) is 0 Å². The molecule has 0 bridgehead atoms. The van der Waals surface area contributed by atoms with Crippen LogP contribution < -0.4 is 0 Å². The Morgan fingerprint density at radius 1 is 0.792 bits per heavy atom. The van der Waals surface area contributed by atoms with Crippen molar-refractivity contribution < 1.29 is 28.5 Å². The van der Waals surface area contributed by atoms with Crippen molar-refractivity contribution in [1.29, 1.82) is 0 Å². The zero-order valence-electron chi connectivity index (χ0n) is 14.1. The Morgan fingerprint density at radius 3 is 1.42 bits per heavy atom. The molecule has 0 amide bonds. The number of carbonyl (C=O) groups excluding carboxylic acids is 2. The van der Waals surface area contributed by atoms with Gasteiger partial charge in [-0.15, -0.1) is 0 Å². The van der Waals surface area contributed by atoms with Crippen LogP contribution in [0.2, 0.25) is 0 Å². The SMILES string of the molecule is CCOC(=S)SC(C)C(=O)OCCOC(=O)C(C)SC(=S)OCC. The van der Waals surface area contributed by atoms with Gasteiger partial charge in [-0.2, -0.15) is 0 Å². The highest BCUT2D eigenvalue weighted by atomic mass is 32.2. The van der Waals surface area contributed by atoms with Crippen LogP contribution in [0.3, 0.4) is 0 Å². The first-order chi connectivity index (χ1) is 11.3. The summed E-state index contributed by atoms with van der Waals surface area (Å²) in [6.07, 6.45) is 0. The van der Waals surface area contributed by atoms with E-state index in [1.807, 2.05) is 13.8 Å². The molecule has 138 valence electrons. The molecule has 0 rings (SSSR count). The fourth-order valence-electron chi connectivity index (χ4n) is 1.21. The van der Waals surface area contributed by atoms with Crippen molar-refractivity contribution in [3.05, 3.63) is 0 Å². The topological polar surface area (TPSA) is 71.1 Å². The monoisotopic (exact) mass is 414 g/mol. The summed E-state index contributed by atoms with van der Waals surface area (Å²) in [5.74, 6) is -0.893. The summed E-state index contributed by atoms with van der Waals surface area (Å²) in [5.41, 5.74) is 0. The highest BCUT2D eigenvalue weighted by molar-refractivity contribution is 8.23. The minimum Gasteiger partial charge on any atom is -0.479 e. The van der Waals surface area contributed by atoms with Gasteiger partial charge in [0.05, 0.1) is 13.2 Å². The molecule has 0 spiro atoms. The first-order valence-electron chi connectivity index (χ1n) is 7.31. The van der Waals surface area contributed by atoms with Gasteiger partial charge in [0.1, 0.15) is 23.7 Å². The molecule has 0 aliphatic rings. The molecule has 0 aliphatic heterocycles. The minimum absolute atomic E-state index is 0.0236. The highest BCUT2D eigenvalue weighted by Gasteiger charge is 2.20. The van der Waals surface area contributed by atoms with E-state index in [0.717, 1.165) is 23.5 Å². The van der Waals surface area contributed by atoms with E-state index >= 15 is 0 Å². The fraction of sp³-hybridized carbons (Fsp3) is 0.714. The molecule has 0 heterocycles. The van der Waals surface area contributed by atoms with Crippen LogP contribution in [0.15, 0.2) is 0 Å². The van der Waals surface area contributed by atoms with Gasteiger partial charge in [0.15, 0.2) is 0 Å². The predicted octanol–water partition coefficient (Wildman–Crippen LogP) is 2.96. The van der Waals surface area contributed by atoms with Crippen molar-refractivity contribution in [3.8, 4) is 0 Å². The van der Waals surface area contributed by atoms with Gasteiger partial charge in [-0.1, -0.05) is 23.5 Å². The van der Waals surface area contributed by atoms with E-state index in [-0.39, 0.29) is 13.2 Å². The van der Waals surface area contributed by atoms with Gasteiger partial charge in [-0.3, -0.25) is 9.59 Å². The van der Waals surface area contributed by atoms with Gasteiger partial charge in [0.25, 0.3) is 0 Å². The fourth-order valence-corrected chi connectivity index (χ4v) is 3.59. The molecule has 0 aromatic heterocycles. The van der Waals surface area contributed by atoms with Crippen LogP contribution in [0.5, 0.6) is 0 Å². The molecule has 0 N–H and O–H groups in total. The molecule has 0 saturated heterocycles. The third-order valence-electron chi connectivity index (χ3n) is 2.31. The van der Waals surface area contributed by atoms with E-state index in [4.69, 9.17) is 43.4 Å². The Hall–Kier alpha value is -0.580. The molecule has 0 radical (unpaired) electrons. The van der Waals surface area contributed by atoms with Crippen LogP contribution in [-0.2, 0) is 28.5 Å². The second kappa shape index (κ2) is 13.7. The molecule has 0 aromatic carbocycles. The van der Waals surface area contributed by atoms with Crippen LogP contribution in [0, 0.1) is 0 Å². The van der Waals surface area contributed by atoms with Crippen LogP contribution in [-0.4, -0.2) is 57.6 Å². The number of carbonyl (C=O) groups is 2. The smallest absolute Gasteiger partial charge is 0.319 e. The van der Waals surface area contributed by atoms with Gasteiger partial charge in [-0.05, 0) is 52.1 Å².